The van der Waals surface area contributed by atoms with Crippen molar-refractivity contribution in [2.45, 2.75) is 45.4 Å². The summed E-state index contributed by atoms with van der Waals surface area (Å²) in [5, 5.41) is 1.03. The van der Waals surface area contributed by atoms with Crippen molar-refractivity contribution in [2.75, 3.05) is 0 Å². The first kappa shape index (κ1) is 10.3. The van der Waals surface area contributed by atoms with Crippen LogP contribution in [-0.4, -0.2) is 0 Å². The quantitative estimate of drug-likeness (QED) is 0.591. The summed E-state index contributed by atoms with van der Waals surface area (Å²) >= 11 is 5.96. The molecule has 0 unspecified atom stereocenters. The molecule has 14 heavy (non-hydrogen) atoms. The van der Waals surface area contributed by atoms with E-state index < -0.39 is 0 Å². The van der Waals surface area contributed by atoms with Gasteiger partial charge in [0.25, 0.3) is 0 Å². The molecule has 2 aliphatic carbocycles. The van der Waals surface area contributed by atoms with Crippen molar-refractivity contribution >= 4 is 11.6 Å². The lowest BCUT2D eigenvalue weighted by atomic mass is 9.77. The third kappa shape index (κ3) is 2.42. The highest BCUT2D eigenvalue weighted by Gasteiger charge is 2.21. The summed E-state index contributed by atoms with van der Waals surface area (Å²) in [6, 6.07) is 0. The number of halogens is 1. The molecule has 1 saturated carbocycles. The maximum absolute atomic E-state index is 5.96. The molecule has 0 amide bonds. The van der Waals surface area contributed by atoms with Gasteiger partial charge in [0.05, 0.1) is 0 Å². The van der Waals surface area contributed by atoms with Crippen LogP contribution in [0.5, 0.6) is 0 Å². The molecule has 0 aromatic carbocycles. The molecule has 0 saturated heterocycles. The van der Waals surface area contributed by atoms with E-state index in [0.717, 1.165) is 23.3 Å². The van der Waals surface area contributed by atoms with Crippen molar-refractivity contribution in [3.63, 3.8) is 0 Å². The maximum Gasteiger partial charge on any atom is 0.0184 e. The summed E-state index contributed by atoms with van der Waals surface area (Å²) in [6.07, 6.45) is 12.3. The zero-order valence-electron chi connectivity index (χ0n) is 8.93. The molecule has 0 radical (unpaired) electrons. The molecular formula is C13H19Cl. The lowest BCUT2D eigenvalue weighted by Crippen LogP contribution is -2.15. The molecule has 2 rings (SSSR count). The van der Waals surface area contributed by atoms with Crippen LogP contribution in [-0.2, 0) is 0 Å². The van der Waals surface area contributed by atoms with Crippen LogP contribution in [0.1, 0.15) is 45.4 Å². The van der Waals surface area contributed by atoms with Crippen molar-refractivity contribution in [1.29, 1.82) is 0 Å². The highest BCUT2D eigenvalue weighted by Crippen LogP contribution is 2.36. The van der Waals surface area contributed by atoms with Gasteiger partial charge in [0, 0.05) is 5.03 Å². The summed E-state index contributed by atoms with van der Waals surface area (Å²) < 4.78 is 0. The van der Waals surface area contributed by atoms with Gasteiger partial charge in [-0.05, 0) is 43.6 Å². The summed E-state index contributed by atoms with van der Waals surface area (Å²) in [7, 11) is 0. The second-order valence-corrected chi connectivity index (χ2v) is 5.30. The average molecular weight is 211 g/mol. The number of allylic oxidation sites excluding steroid dienone is 4. The second kappa shape index (κ2) is 4.53. The highest BCUT2D eigenvalue weighted by molar-refractivity contribution is 6.29. The molecule has 0 spiro atoms. The Morgan fingerprint density at radius 1 is 1.07 bits per heavy atom. The van der Waals surface area contributed by atoms with E-state index in [9.17, 15) is 0 Å². The predicted octanol–water partition coefficient (Wildman–Crippen LogP) is 4.66. The molecule has 0 heterocycles. The Morgan fingerprint density at radius 3 is 2.36 bits per heavy atom. The lowest BCUT2D eigenvalue weighted by Gasteiger charge is -2.29. The predicted molar refractivity (Wildman–Crippen MR) is 62.4 cm³/mol. The van der Waals surface area contributed by atoms with Gasteiger partial charge in [-0.1, -0.05) is 43.0 Å². The van der Waals surface area contributed by atoms with Crippen LogP contribution < -0.4 is 0 Å². The van der Waals surface area contributed by atoms with Gasteiger partial charge in [0.1, 0.15) is 0 Å². The molecule has 0 N–H and O–H groups in total. The van der Waals surface area contributed by atoms with Gasteiger partial charge < -0.3 is 0 Å². The Bertz CT molecular complexity index is 254. The minimum Gasteiger partial charge on any atom is -0.0891 e. The average Bonchev–Trinajstić information content (AvgIpc) is 2.21. The normalized spacial score (nSPS) is 33.6. The van der Waals surface area contributed by atoms with Crippen molar-refractivity contribution in [3.8, 4) is 0 Å². The van der Waals surface area contributed by atoms with Crippen LogP contribution in [0.4, 0.5) is 0 Å². The van der Waals surface area contributed by atoms with E-state index in [-0.39, 0.29) is 0 Å². The van der Waals surface area contributed by atoms with Crippen LogP contribution >= 0.6 is 11.6 Å². The molecule has 78 valence electrons. The Morgan fingerprint density at radius 2 is 1.79 bits per heavy atom. The monoisotopic (exact) mass is 210 g/mol. The number of hydrogen-bond acceptors (Lipinski definition) is 0. The Hall–Kier alpha value is -0.230. The fourth-order valence-electron chi connectivity index (χ4n) is 2.60. The van der Waals surface area contributed by atoms with Gasteiger partial charge in [-0.25, -0.2) is 0 Å². The first-order chi connectivity index (χ1) is 6.75. The van der Waals surface area contributed by atoms with E-state index in [4.69, 9.17) is 11.6 Å². The van der Waals surface area contributed by atoms with Gasteiger partial charge in [0.15, 0.2) is 0 Å². The van der Waals surface area contributed by atoms with E-state index in [0.29, 0.717) is 0 Å². The van der Waals surface area contributed by atoms with Gasteiger partial charge >= 0.3 is 0 Å². The smallest absolute Gasteiger partial charge is 0.0184 e. The van der Waals surface area contributed by atoms with Crippen molar-refractivity contribution < 1.29 is 0 Å². The van der Waals surface area contributed by atoms with E-state index in [2.05, 4.69) is 19.1 Å². The fourth-order valence-corrected chi connectivity index (χ4v) is 2.76. The lowest BCUT2D eigenvalue weighted by molar-refractivity contribution is 0.315. The summed E-state index contributed by atoms with van der Waals surface area (Å²) in [6.45, 7) is 2.38. The van der Waals surface area contributed by atoms with E-state index in [1.807, 2.05) is 0 Å². The molecule has 1 heteroatoms. The molecule has 0 bridgehead atoms. The van der Waals surface area contributed by atoms with Crippen molar-refractivity contribution in [2.24, 2.45) is 11.8 Å². The van der Waals surface area contributed by atoms with Gasteiger partial charge in [-0.15, -0.1) is 0 Å². The Labute approximate surface area is 92.0 Å². The molecule has 0 aliphatic heterocycles. The molecule has 0 aromatic heterocycles. The zero-order chi connectivity index (χ0) is 9.97. The third-order valence-corrected chi connectivity index (χ3v) is 3.99. The summed E-state index contributed by atoms with van der Waals surface area (Å²) in [4.78, 5) is 0. The van der Waals surface area contributed by atoms with Gasteiger partial charge in [-0.2, -0.15) is 0 Å². The molecule has 0 atom stereocenters. The Kier molecular flexibility index (Phi) is 3.33. The summed E-state index contributed by atoms with van der Waals surface area (Å²) in [5.41, 5.74) is 1.65. The van der Waals surface area contributed by atoms with E-state index in [1.165, 1.54) is 32.1 Å². The van der Waals surface area contributed by atoms with Crippen LogP contribution in [0.25, 0.3) is 0 Å². The highest BCUT2D eigenvalue weighted by atomic mass is 35.5. The first-order valence-electron chi connectivity index (χ1n) is 5.81. The van der Waals surface area contributed by atoms with E-state index >= 15 is 0 Å². The number of rotatable bonds is 1. The number of hydrogen-bond donors (Lipinski definition) is 0. The Balaban J connectivity index is 1.96. The topological polar surface area (TPSA) is 0 Å². The standard InChI is InChI=1S/C13H19Cl/c1-10-2-4-11(5-3-10)12-6-8-13(14)9-7-12/h6,8,10-11H,2-5,7,9H2,1H3. The SMILES string of the molecule is CC1CCC(C2=CC=C(Cl)CC2)CC1. The van der Waals surface area contributed by atoms with Crippen LogP contribution in [0.15, 0.2) is 22.8 Å². The van der Waals surface area contributed by atoms with Gasteiger partial charge in [-0.3, -0.25) is 0 Å². The maximum atomic E-state index is 5.96. The van der Waals surface area contributed by atoms with Crippen molar-refractivity contribution in [1.82, 2.24) is 0 Å². The summed E-state index contributed by atoms with van der Waals surface area (Å²) in [5.74, 6) is 1.82. The minimum atomic E-state index is 0.868. The van der Waals surface area contributed by atoms with Crippen LogP contribution in [0, 0.1) is 11.8 Å². The second-order valence-electron chi connectivity index (χ2n) is 4.81. The van der Waals surface area contributed by atoms with Crippen molar-refractivity contribution in [3.05, 3.63) is 22.8 Å². The third-order valence-electron chi connectivity index (χ3n) is 3.67. The molecule has 0 aromatic rings. The molecule has 0 nitrogen and oxygen atoms in total. The molecular weight excluding hydrogens is 192 g/mol. The largest absolute Gasteiger partial charge is 0.0891 e. The van der Waals surface area contributed by atoms with E-state index in [1.54, 1.807) is 5.57 Å². The van der Waals surface area contributed by atoms with Crippen LogP contribution in [0.3, 0.4) is 0 Å². The van der Waals surface area contributed by atoms with Crippen LogP contribution in [0.2, 0.25) is 0 Å². The van der Waals surface area contributed by atoms with Gasteiger partial charge in [0.2, 0.25) is 0 Å². The molecule has 1 fully saturated rings. The first-order valence-corrected chi connectivity index (χ1v) is 6.18. The fraction of sp³-hybridized carbons (Fsp3) is 0.692. The molecule has 2 aliphatic rings. The zero-order valence-corrected chi connectivity index (χ0v) is 9.69. The minimum absolute atomic E-state index is 0.868.